The van der Waals surface area contributed by atoms with Gasteiger partial charge in [0.1, 0.15) is 0 Å². The Balaban J connectivity index is 2.01. The van der Waals surface area contributed by atoms with Crippen LogP contribution < -0.4 is 4.90 Å². The van der Waals surface area contributed by atoms with E-state index in [4.69, 9.17) is 9.72 Å². The highest BCUT2D eigenvalue weighted by molar-refractivity contribution is 5.86. The summed E-state index contributed by atoms with van der Waals surface area (Å²) in [6.07, 6.45) is 1.65. The molecule has 1 aromatic heterocycles. The summed E-state index contributed by atoms with van der Waals surface area (Å²) in [6.45, 7) is 12.8. The molecular weight excluding hydrogens is 284 g/mol. The first-order valence-electron chi connectivity index (χ1n) is 8.73. The van der Waals surface area contributed by atoms with E-state index in [9.17, 15) is 0 Å². The van der Waals surface area contributed by atoms with Crippen molar-refractivity contribution in [2.45, 2.75) is 53.2 Å². The first-order valence-corrected chi connectivity index (χ1v) is 8.73. The van der Waals surface area contributed by atoms with Gasteiger partial charge < -0.3 is 9.64 Å². The molecule has 1 aliphatic rings. The minimum absolute atomic E-state index is 0.278. The normalized spacial score (nSPS) is 22.1. The van der Waals surface area contributed by atoms with Crippen molar-refractivity contribution in [3.05, 3.63) is 35.5 Å². The van der Waals surface area contributed by atoms with Crippen molar-refractivity contribution in [3.63, 3.8) is 0 Å². The van der Waals surface area contributed by atoms with Crippen molar-refractivity contribution >= 4 is 16.6 Å². The Kier molecular flexibility index (Phi) is 4.58. The molecule has 3 heteroatoms. The molecule has 1 fully saturated rings. The molecule has 2 aromatic rings. The molecular formula is C20H28N2O. The standard InChI is InChI=1S/C20H28N2O/c1-13(2)8-17-9-14(3)21-20-7-6-18(10-19(17)20)22-11-15(4)23-16(5)12-22/h6-7,9-10,13,15-16H,8,11-12H2,1-5H3. The molecule has 0 aliphatic carbocycles. The molecule has 2 heterocycles. The summed E-state index contributed by atoms with van der Waals surface area (Å²) in [5.74, 6) is 0.645. The monoisotopic (exact) mass is 312 g/mol. The van der Waals surface area contributed by atoms with E-state index < -0.39 is 0 Å². The Morgan fingerprint density at radius 3 is 2.52 bits per heavy atom. The molecule has 0 amide bonds. The fourth-order valence-electron chi connectivity index (χ4n) is 3.63. The molecule has 0 bridgehead atoms. The number of anilines is 1. The number of hydrogen-bond donors (Lipinski definition) is 0. The third kappa shape index (κ3) is 3.66. The molecule has 3 nitrogen and oxygen atoms in total. The van der Waals surface area contributed by atoms with Gasteiger partial charge in [-0.15, -0.1) is 0 Å². The summed E-state index contributed by atoms with van der Waals surface area (Å²) in [6, 6.07) is 8.95. The summed E-state index contributed by atoms with van der Waals surface area (Å²) >= 11 is 0. The van der Waals surface area contributed by atoms with Crippen molar-refractivity contribution in [1.82, 2.24) is 4.98 Å². The van der Waals surface area contributed by atoms with Gasteiger partial charge in [0.15, 0.2) is 0 Å². The van der Waals surface area contributed by atoms with Crippen LogP contribution in [0.3, 0.4) is 0 Å². The maximum absolute atomic E-state index is 5.86. The lowest BCUT2D eigenvalue weighted by Crippen LogP contribution is -2.45. The molecule has 0 spiro atoms. The Bertz CT molecular complexity index is 685. The second-order valence-corrected chi connectivity index (χ2v) is 7.38. The second-order valence-electron chi connectivity index (χ2n) is 7.38. The van der Waals surface area contributed by atoms with Crippen LogP contribution in [0.4, 0.5) is 5.69 Å². The van der Waals surface area contributed by atoms with Gasteiger partial charge in [-0.25, -0.2) is 0 Å². The van der Waals surface area contributed by atoms with E-state index >= 15 is 0 Å². The minimum Gasteiger partial charge on any atom is -0.372 e. The zero-order valence-corrected chi connectivity index (χ0v) is 15.0. The third-order valence-electron chi connectivity index (χ3n) is 4.42. The fourth-order valence-corrected chi connectivity index (χ4v) is 3.63. The summed E-state index contributed by atoms with van der Waals surface area (Å²) in [7, 11) is 0. The lowest BCUT2D eigenvalue weighted by Gasteiger charge is -2.37. The van der Waals surface area contributed by atoms with Crippen molar-refractivity contribution in [1.29, 1.82) is 0 Å². The number of ether oxygens (including phenoxy) is 1. The number of aryl methyl sites for hydroxylation is 1. The van der Waals surface area contributed by atoms with Crippen LogP contribution in [0.25, 0.3) is 10.9 Å². The van der Waals surface area contributed by atoms with Gasteiger partial charge in [-0.3, -0.25) is 4.98 Å². The van der Waals surface area contributed by atoms with E-state index in [2.05, 4.69) is 63.8 Å². The van der Waals surface area contributed by atoms with Gasteiger partial charge in [0, 0.05) is 29.9 Å². The highest BCUT2D eigenvalue weighted by Gasteiger charge is 2.22. The first kappa shape index (κ1) is 16.3. The van der Waals surface area contributed by atoms with Crippen LogP contribution in [-0.4, -0.2) is 30.3 Å². The zero-order valence-electron chi connectivity index (χ0n) is 15.0. The van der Waals surface area contributed by atoms with E-state index in [1.165, 1.54) is 16.6 Å². The topological polar surface area (TPSA) is 25.4 Å². The lowest BCUT2D eigenvalue weighted by atomic mass is 9.98. The number of pyridine rings is 1. The number of fused-ring (bicyclic) bond motifs is 1. The number of aromatic nitrogens is 1. The first-order chi connectivity index (χ1) is 10.9. The van der Waals surface area contributed by atoms with Gasteiger partial charge in [0.25, 0.3) is 0 Å². The Morgan fingerprint density at radius 1 is 1.17 bits per heavy atom. The molecule has 2 atom stereocenters. The smallest absolute Gasteiger partial charge is 0.0726 e. The maximum Gasteiger partial charge on any atom is 0.0726 e. The Hall–Kier alpha value is -1.61. The third-order valence-corrected chi connectivity index (χ3v) is 4.42. The lowest BCUT2D eigenvalue weighted by molar-refractivity contribution is -0.00520. The molecule has 0 N–H and O–H groups in total. The molecule has 2 unspecified atom stereocenters. The van der Waals surface area contributed by atoms with Crippen molar-refractivity contribution < 1.29 is 4.74 Å². The van der Waals surface area contributed by atoms with Crippen LogP contribution in [0.5, 0.6) is 0 Å². The van der Waals surface area contributed by atoms with E-state index in [1.54, 1.807) is 0 Å². The number of rotatable bonds is 3. The highest BCUT2D eigenvalue weighted by atomic mass is 16.5. The van der Waals surface area contributed by atoms with Gasteiger partial charge in [0.2, 0.25) is 0 Å². The molecule has 1 aromatic carbocycles. The van der Waals surface area contributed by atoms with Crippen LogP contribution in [0.2, 0.25) is 0 Å². The van der Waals surface area contributed by atoms with Gasteiger partial charge >= 0.3 is 0 Å². The van der Waals surface area contributed by atoms with Crippen LogP contribution >= 0.6 is 0 Å². The quantitative estimate of drug-likeness (QED) is 0.842. The van der Waals surface area contributed by atoms with Crippen molar-refractivity contribution in [2.75, 3.05) is 18.0 Å². The molecule has 0 radical (unpaired) electrons. The van der Waals surface area contributed by atoms with Gasteiger partial charge in [-0.05, 0) is 62.9 Å². The van der Waals surface area contributed by atoms with E-state index in [0.717, 1.165) is 30.7 Å². The molecule has 1 saturated heterocycles. The SMILES string of the molecule is Cc1cc(CC(C)C)c2cc(N3CC(C)OC(C)C3)ccc2n1. The molecule has 3 rings (SSSR count). The summed E-state index contributed by atoms with van der Waals surface area (Å²) in [5.41, 5.74) is 4.92. The predicted molar refractivity (Wildman–Crippen MR) is 97.2 cm³/mol. The molecule has 1 aliphatic heterocycles. The van der Waals surface area contributed by atoms with Crippen molar-refractivity contribution in [3.8, 4) is 0 Å². The van der Waals surface area contributed by atoms with Crippen LogP contribution in [0.15, 0.2) is 24.3 Å². The molecule has 23 heavy (non-hydrogen) atoms. The molecule has 0 saturated carbocycles. The number of morpholine rings is 1. The van der Waals surface area contributed by atoms with Gasteiger partial charge in [-0.1, -0.05) is 13.8 Å². The number of nitrogens with zero attached hydrogens (tertiary/aromatic N) is 2. The van der Waals surface area contributed by atoms with E-state index in [0.29, 0.717) is 5.92 Å². The molecule has 124 valence electrons. The fraction of sp³-hybridized carbons (Fsp3) is 0.550. The largest absolute Gasteiger partial charge is 0.372 e. The summed E-state index contributed by atoms with van der Waals surface area (Å²) < 4.78 is 5.86. The zero-order chi connectivity index (χ0) is 16.6. The second kappa shape index (κ2) is 6.48. The van der Waals surface area contributed by atoms with Crippen LogP contribution in [-0.2, 0) is 11.2 Å². The summed E-state index contributed by atoms with van der Waals surface area (Å²) in [4.78, 5) is 7.16. The van der Waals surface area contributed by atoms with Gasteiger partial charge in [0.05, 0.1) is 17.7 Å². The van der Waals surface area contributed by atoms with Crippen LogP contribution in [0.1, 0.15) is 39.0 Å². The summed E-state index contributed by atoms with van der Waals surface area (Å²) in [5, 5.41) is 1.30. The maximum atomic E-state index is 5.86. The van der Waals surface area contributed by atoms with Gasteiger partial charge in [-0.2, -0.15) is 0 Å². The average Bonchev–Trinajstić information content (AvgIpc) is 2.45. The van der Waals surface area contributed by atoms with E-state index in [1.807, 2.05) is 0 Å². The van der Waals surface area contributed by atoms with E-state index in [-0.39, 0.29) is 12.2 Å². The highest BCUT2D eigenvalue weighted by Crippen LogP contribution is 2.28. The Labute approximate surface area is 139 Å². The minimum atomic E-state index is 0.278. The number of hydrogen-bond acceptors (Lipinski definition) is 3. The average molecular weight is 312 g/mol. The van der Waals surface area contributed by atoms with Crippen LogP contribution in [0, 0.1) is 12.8 Å². The number of benzene rings is 1. The predicted octanol–water partition coefficient (Wildman–Crippen LogP) is 4.36. The Morgan fingerprint density at radius 2 is 1.87 bits per heavy atom. The van der Waals surface area contributed by atoms with Crippen molar-refractivity contribution in [2.24, 2.45) is 5.92 Å².